The molecule has 9 heteroatoms. The van der Waals surface area contributed by atoms with Gasteiger partial charge in [-0.2, -0.15) is 4.98 Å². The third kappa shape index (κ3) is 3.03. The van der Waals surface area contributed by atoms with Crippen molar-refractivity contribution in [3.8, 4) is 0 Å². The summed E-state index contributed by atoms with van der Waals surface area (Å²) in [6.45, 7) is 0.282. The molecule has 1 atom stereocenters. The van der Waals surface area contributed by atoms with Crippen molar-refractivity contribution in [1.82, 2.24) is 15.1 Å². The topological polar surface area (TPSA) is 95.2 Å². The molecule has 0 radical (unpaired) electrons. The van der Waals surface area contributed by atoms with Crippen molar-refractivity contribution in [2.24, 2.45) is 0 Å². The Hall–Kier alpha value is -3.59. The summed E-state index contributed by atoms with van der Waals surface area (Å²) in [5.74, 6) is -2.11. The second-order valence-electron chi connectivity index (χ2n) is 7.28. The normalized spacial score (nSPS) is 19.2. The fourth-order valence-corrected chi connectivity index (χ4v) is 3.75. The highest BCUT2D eigenvalue weighted by Gasteiger charge is 2.50. The summed E-state index contributed by atoms with van der Waals surface area (Å²) in [5, 5.41) is 15.7. The second kappa shape index (κ2) is 6.74. The van der Waals surface area contributed by atoms with Crippen LogP contribution >= 0.6 is 0 Å². The van der Waals surface area contributed by atoms with E-state index in [-0.39, 0.29) is 31.1 Å². The Kier molecular flexibility index (Phi) is 4.14. The number of H-pyrrole nitrogens is 1. The van der Waals surface area contributed by atoms with Crippen LogP contribution in [0.25, 0.3) is 10.9 Å². The van der Waals surface area contributed by atoms with Gasteiger partial charge in [0.05, 0.1) is 6.42 Å². The van der Waals surface area contributed by atoms with Gasteiger partial charge in [-0.3, -0.25) is 4.79 Å². The van der Waals surface area contributed by atoms with Gasteiger partial charge in [-0.15, -0.1) is 0 Å². The lowest BCUT2D eigenvalue weighted by Crippen LogP contribution is -2.38. The number of nitrogens with zero attached hydrogens (tertiary/aromatic N) is 3. The summed E-state index contributed by atoms with van der Waals surface area (Å²) in [7, 11) is 0. The van der Waals surface area contributed by atoms with Crippen LogP contribution < -0.4 is 4.90 Å². The van der Waals surface area contributed by atoms with Crippen molar-refractivity contribution in [2.45, 2.75) is 18.4 Å². The van der Waals surface area contributed by atoms with Gasteiger partial charge in [0.2, 0.25) is 17.3 Å². The maximum Gasteiger partial charge on any atom is 0.267 e. The molecule has 0 spiro atoms. The molecule has 30 heavy (non-hydrogen) atoms. The van der Waals surface area contributed by atoms with E-state index in [9.17, 15) is 18.7 Å². The van der Waals surface area contributed by atoms with Crippen LogP contribution in [0.3, 0.4) is 0 Å². The molecule has 1 aliphatic heterocycles. The van der Waals surface area contributed by atoms with E-state index in [2.05, 4.69) is 15.1 Å². The maximum atomic E-state index is 13.4. The van der Waals surface area contributed by atoms with Gasteiger partial charge in [0, 0.05) is 41.8 Å². The molecule has 2 aromatic heterocycles. The Morgan fingerprint density at radius 3 is 2.77 bits per heavy atom. The zero-order chi connectivity index (χ0) is 20.9. The van der Waals surface area contributed by atoms with Crippen molar-refractivity contribution in [3.05, 3.63) is 77.6 Å². The van der Waals surface area contributed by atoms with E-state index in [1.54, 1.807) is 6.07 Å². The number of carbonyl (C=O) groups is 1. The molecular weight excluding hydrogens is 394 g/mol. The van der Waals surface area contributed by atoms with Crippen LogP contribution in [0, 0.1) is 11.6 Å². The summed E-state index contributed by atoms with van der Waals surface area (Å²) in [5.41, 5.74) is -0.0321. The number of hydrogen-bond acceptors (Lipinski definition) is 5. The number of hydrogen-bond donors (Lipinski definition) is 2. The van der Waals surface area contributed by atoms with Gasteiger partial charge < -0.3 is 19.5 Å². The number of rotatable bonds is 4. The minimum atomic E-state index is -1.93. The van der Waals surface area contributed by atoms with Crippen molar-refractivity contribution < 1.29 is 23.2 Å². The average molecular weight is 410 g/mol. The molecule has 7 nitrogen and oxygen atoms in total. The molecule has 1 fully saturated rings. The molecule has 4 aromatic rings. The number of halogens is 2. The Balaban J connectivity index is 1.39. The summed E-state index contributed by atoms with van der Waals surface area (Å²) >= 11 is 0. The molecule has 0 unspecified atom stereocenters. The summed E-state index contributed by atoms with van der Waals surface area (Å²) < 4.78 is 31.9. The molecule has 2 aromatic carbocycles. The van der Waals surface area contributed by atoms with E-state index in [0.29, 0.717) is 11.3 Å². The fraction of sp³-hybridized carbons (Fsp3) is 0.190. The van der Waals surface area contributed by atoms with Crippen LogP contribution in [-0.2, 0) is 16.8 Å². The van der Waals surface area contributed by atoms with Gasteiger partial charge in [0.25, 0.3) is 5.91 Å². The first-order valence-electron chi connectivity index (χ1n) is 9.32. The molecule has 1 saturated heterocycles. The first-order valence-corrected chi connectivity index (χ1v) is 9.32. The van der Waals surface area contributed by atoms with E-state index >= 15 is 0 Å². The minimum Gasteiger partial charge on any atom is -0.373 e. The van der Waals surface area contributed by atoms with Crippen LogP contribution in [-0.4, -0.2) is 32.7 Å². The first kappa shape index (κ1) is 18.4. The Morgan fingerprint density at radius 1 is 1.17 bits per heavy atom. The molecule has 0 bridgehead atoms. The summed E-state index contributed by atoms with van der Waals surface area (Å²) in [6, 6.07) is 10.5. The third-order valence-corrected chi connectivity index (χ3v) is 5.26. The molecule has 2 N–H and O–H groups in total. The van der Waals surface area contributed by atoms with Gasteiger partial charge >= 0.3 is 0 Å². The van der Waals surface area contributed by atoms with Crippen LogP contribution in [0.1, 0.15) is 23.7 Å². The predicted octanol–water partition coefficient (Wildman–Crippen LogP) is 3.04. The zero-order valence-corrected chi connectivity index (χ0v) is 15.6. The van der Waals surface area contributed by atoms with E-state index < -0.39 is 23.1 Å². The van der Waals surface area contributed by atoms with Gasteiger partial charge in [-0.1, -0.05) is 5.16 Å². The van der Waals surface area contributed by atoms with E-state index in [1.807, 2.05) is 24.4 Å². The number of aromatic amines is 1. The molecular formula is C21H16F2N4O3. The Labute approximate surface area is 168 Å². The monoisotopic (exact) mass is 410 g/mol. The number of anilines is 1. The number of nitrogens with one attached hydrogen (secondary N) is 1. The van der Waals surface area contributed by atoms with Crippen molar-refractivity contribution in [3.63, 3.8) is 0 Å². The third-order valence-electron chi connectivity index (χ3n) is 5.26. The summed E-state index contributed by atoms with van der Waals surface area (Å²) in [6.07, 6.45) is 1.87. The maximum absolute atomic E-state index is 13.4. The van der Waals surface area contributed by atoms with E-state index in [0.717, 1.165) is 29.1 Å². The Bertz CT molecular complexity index is 1250. The minimum absolute atomic E-state index is 0.0280. The number of aliphatic hydroxyl groups is 1. The molecule has 1 amide bonds. The Morgan fingerprint density at radius 2 is 1.97 bits per heavy atom. The van der Waals surface area contributed by atoms with Crippen molar-refractivity contribution in [1.29, 1.82) is 0 Å². The lowest BCUT2D eigenvalue weighted by Gasteiger charge is -2.19. The second-order valence-corrected chi connectivity index (χ2v) is 7.28. The smallest absolute Gasteiger partial charge is 0.267 e. The van der Waals surface area contributed by atoms with Crippen molar-refractivity contribution >= 4 is 22.5 Å². The van der Waals surface area contributed by atoms with E-state index in [4.69, 9.17) is 4.52 Å². The molecule has 0 saturated carbocycles. The standard InChI is InChI=1S/C21H16F2N4O3/c22-14-7-12(8-15(23)11-14)9-18-25-19(26-30-18)21(29)4-6-27(20(21)28)16-1-2-17-13(10-16)3-5-24-17/h1-3,5,7-8,10-11,24,29H,4,6,9H2/t21-/m0/s1. The quantitative estimate of drug-likeness (QED) is 0.539. The summed E-state index contributed by atoms with van der Waals surface area (Å²) in [4.78, 5) is 21.7. The number of fused-ring (bicyclic) bond motifs is 1. The van der Waals surface area contributed by atoms with Crippen LogP contribution in [0.5, 0.6) is 0 Å². The first-order chi connectivity index (χ1) is 14.4. The molecule has 5 rings (SSSR count). The SMILES string of the molecule is O=C1N(c2ccc3[nH]ccc3c2)CC[C@]1(O)c1noc(Cc2cc(F)cc(F)c2)n1. The van der Waals surface area contributed by atoms with Gasteiger partial charge in [0.15, 0.2) is 0 Å². The highest BCUT2D eigenvalue weighted by atomic mass is 19.1. The highest BCUT2D eigenvalue weighted by Crippen LogP contribution is 2.35. The van der Waals surface area contributed by atoms with Crippen LogP contribution in [0.4, 0.5) is 14.5 Å². The number of carbonyl (C=O) groups excluding carboxylic acids is 1. The number of benzene rings is 2. The van der Waals surface area contributed by atoms with Gasteiger partial charge in [0.1, 0.15) is 11.6 Å². The van der Waals surface area contributed by atoms with Gasteiger partial charge in [-0.25, -0.2) is 8.78 Å². The van der Waals surface area contributed by atoms with Crippen LogP contribution in [0.15, 0.2) is 53.2 Å². The lowest BCUT2D eigenvalue weighted by molar-refractivity contribution is -0.134. The molecule has 1 aliphatic rings. The van der Waals surface area contributed by atoms with Crippen molar-refractivity contribution in [2.75, 3.05) is 11.4 Å². The molecule has 152 valence electrons. The predicted molar refractivity (Wildman–Crippen MR) is 103 cm³/mol. The number of amides is 1. The van der Waals surface area contributed by atoms with Gasteiger partial charge in [-0.05, 0) is 42.0 Å². The average Bonchev–Trinajstić information content (AvgIpc) is 3.41. The lowest BCUT2D eigenvalue weighted by atomic mass is 10.0. The molecule has 0 aliphatic carbocycles. The van der Waals surface area contributed by atoms with Crippen LogP contribution in [0.2, 0.25) is 0 Å². The molecule has 3 heterocycles. The zero-order valence-electron chi connectivity index (χ0n) is 15.6. The largest absolute Gasteiger partial charge is 0.373 e. The fourth-order valence-electron chi connectivity index (χ4n) is 3.75. The van der Waals surface area contributed by atoms with E-state index in [1.165, 1.54) is 4.90 Å². The highest BCUT2D eigenvalue weighted by molar-refractivity contribution is 6.03. The number of aromatic nitrogens is 3.